The highest BCUT2D eigenvalue weighted by Crippen LogP contribution is 2.32. The van der Waals surface area contributed by atoms with Gasteiger partial charge in [-0.2, -0.15) is 0 Å². The first kappa shape index (κ1) is 9.22. The number of benzene rings is 1. The maximum Gasteiger partial charge on any atom is 0.127 e. The van der Waals surface area contributed by atoms with Crippen LogP contribution in [0.2, 0.25) is 0 Å². The molecule has 0 unspecified atom stereocenters. The fourth-order valence-corrected chi connectivity index (χ4v) is 2.21. The quantitative estimate of drug-likeness (QED) is 0.690. The number of rotatable bonds is 2. The van der Waals surface area contributed by atoms with Crippen LogP contribution >= 0.6 is 0 Å². The highest BCUT2D eigenvalue weighted by Gasteiger charge is 2.36. The topological polar surface area (TPSA) is 21.8 Å². The fraction of sp³-hybridized carbons (Fsp3) is 0.538. The first-order valence-corrected chi connectivity index (χ1v) is 5.77. The van der Waals surface area contributed by atoms with Gasteiger partial charge in [0.15, 0.2) is 0 Å². The Balaban J connectivity index is 1.83. The summed E-state index contributed by atoms with van der Waals surface area (Å²) in [5.74, 6) is 1.07. The van der Waals surface area contributed by atoms with Crippen molar-refractivity contribution in [1.29, 1.82) is 0 Å². The normalized spacial score (nSPS) is 28.1. The minimum absolute atomic E-state index is 0.296. The van der Waals surface area contributed by atoms with Gasteiger partial charge in [0.25, 0.3) is 0 Å². The van der Waals surface area contributed by atoms with E-state index >= 15 is 0 Å². The lowest BCUT2D eigenvalue weighted by Gasteiger charge is -2.25. The molecule has 1 aromatic rings. The summed E-state index contributed by atoms with van der Waals surface area (Å²) in [5.41, 5.74) is 2.77. The molecule has 2 aliphatic heterocycles. The Kier molecular flexibility index (Phi) is 2.17. The molecule has 2 aliphatic rings. The molecule has 80 valence electrons. The summed E-state index contributed by atoms with van der Waals surface area (Å²) in [7, 11) is 0. The van der Waals surface area contributed by atoms with E-state index in [2.05, 4.69) is 25.1 Å². The van der Waals surface area contributed by atoms with Gasteiger partial charge in [0.05, 0.1) is 6.61 Å². The van der Waals surface area contributed by atoms with Gasteiger partial charge in [-0.3, -0.25) is 0 Å². The third-order valence-corrected chi connectivity index (χ3v) is 3.28. The third kappa shape index (κ3) is 1.74. The molecule has 0 spiro atoms. The van der Waals surface area contributed by atoms with Crippen LogP contribution in [0.15, 0.2) is 18.2 Å². The van der Waals surface area contributed by atoms with E-state index in [4.69, 9.17) is 9.47 Å². The van der Waals surface area contributed by atoms with Gasteiger partial charge in [-0.05, 0) is 36.5 Å². The summed E-state index contributed by atoms with van der Waals surface area (Å²) in [6.45, 7) is 3.07. The molecule has 0 amide bonds. The van der Waals surface area contributed by atoms with E-state index in [-0.39, 0.29) is 0 Å². The van der Waals surface area contributed by atoms with Crippen LogP contribution < -0.4 is 4.74 Å². The van der Waals surface area contributed by atoms with Gasteiger partial charge in [-0.1, -0.05) is 19.1 Å². The van der Waals surface area contributed by atoms with Crippen molar-refractivity contribution in [2.45, 2.75) is 38.4 Å². The Morgan fingerprint density at radius 3 is 2.93 bits per heavy atom. The van der Waals surface area contributed by atoms with Gasteiger partial charge < -0.3 is 9.47 Å². The predicted octanol–water partition coefficient (Wildman–Crippen LogP) is 2.34. The zero-order valence-electron chi connectivity index (χ0n) is 9.03. The zero-order valence-corrected chi connectivity index (χ0v) is 9.03. The molecule has 0 radical (unpaired) electrons. The van der Waals surface area contributed by atoms with Crippen molar-refractivity contribution < 1.29 is 9.47 Å². The molecular weight excluding hydrogens is 188 g/mol. The van der Waals surface area contributed by atoms with E-state index in [0.29, 0.717) is 12.2 Å². The standard InChI is InChI=1S/C13H16O2/c1-2-9-3-5-11-10(7-9)4-6-12(15-11)13-8-14-13/h3,5,7,12-13H,2,4,6,8H2,1H3/t12-,13-/m1/s1. The summed E-state index contributed by atoms with van der Waals surface area (Å²) < 4.78 is 11.2. The van der Waals surface area contributed by atoms with Gasteiger partial charge in [-0.15, -0.1) is 0 Å². The van der Waals surface area contributed by atoms with Gasteiger partial charge in [0.2, 0.25) is 0 Å². The molecule has 2 atom stereocenters. The predicted molar refractivity (Wildman–Crippen MR) is 58.3 cm³/mol. The second-order valence-electron chi connectivity index (χ2n) is 4.36. The number of hydrogen-bond acceptors (Lipinski definition) is 2. The van der Waals surface area contributed by atoms with Crippen LogP contribution in [0.3, 0.4) is 0 Å². The summed E-state index contributed by atoms with van der Waals surface area (Å²) in [5, 5.41) is 0. The van der Waals surface area contributed by atoms with Crippen molar-refractivity contribution in [3.63, 3.8) is 0 Å². The Morgan fingerprint density at radius 1 is 1.33 bits per heavy atom. The van der Waals surface area contributed by atoms with Gasteiger partial charge in [0.1, 0.15) is 18.0 Å². The molecule has 0 aromatic heterocycles. The van der Waals surface area contributed by atoms with Crippen LogP contribution in [-0.4, -0.2) is 18.8 Å². The molecule has 0 bridgehead atoms. The Morgan fingerprint density at radius 2 is 2.20 bits per heavy atom. The van der Waals surface area contributed by atoms with Crippen molar-refractivity contribution in [2.24, 2.45) is 0 Å². The molecule has 0 saturated carbocycles. The van der Waals surface area contributed by atoms with Gasteiger partial charge >= 0.3 is 0 Å². The minimum atomic E-state index is 0.296. The first-order chi connectivity index (χ1) is 7.36. The molecule has 0 aliphatic carbocycles. The molecule has 0 N–H and O–H groups in total. The lowest BCUT2D eigenvalue weighted by Crippen LogP contribution is -2.27. The average Bonchev–Trinajstić information content (AvgIpc) is 3.11. The highest BCUT2D eigenvalue weighted by atomic mass is 16.6. The van der Waals surface area contributed by atoms with E-state index in [1.165, 1.54) is 11.1 Å². The third-order valence-electron chi connectivity index (χ3n) is 3.28. The highest BCUT2D eigenvalue weighted by molar-refractivity contribution is 5.39. The number of epoxide rings is 1. The van der Waals surface area contributed by atoms with Crippen LogP contribution in [-0.2, 0) is 17.6 Å². The Hall–Kier alpha value is -1.02. The molecule has 2 heteroatoms. The minimum Gasteiger partial charge on any atom is -0.487 e. The summed E-state index contributed by atoms with van der Waals surface area (Å²) >= 11 is 0. The lowest BCUT2D eigenvalue weighted by atomic mass is 9.98. The average molecular weight is 204 g/mol. The second kappa shape index (κ2) is 3.53. The summed E-state index contributed by atoms with van der Waals surface area (Å²) in [6, 6.07) is 6.55. The Labute approximate surface area is 90.2 Å². The first-order valence-electron chi connectivity index (χ1n) is 5.77. The van der Waals surface area contributed by atoms with Crippen LogP contribution in [0.4, 0.5) is 0 Å². The molecule has 1 saturated heterocycles. The van der Waals surface area contributed by atoms with Gasteiger partial charge in [0, 0.05) is 0 Å². The van der Waals surface area contributed by atoms with E-state index < -0.39 is 0 Å². The molecule has 2 nitrogen and oxygen atoms in total. The SMILES string of the molecule is CCc1ccc2c(c1)CC[C@H]([C@H]1CO1)O2. The van der Waals surface area contributed by atoms with Crippen molar-refractivity contribution in [1.82, 2.24) is 0 Å². The van der Waals surface area contributed by atoms with E-state index in [9.17, 15) is 0 Å². The second-order valence-corrected chi connectivity index (χ2v) is 4.36. The number of ether oxygens (including phenoxy) is 2. The molecule has 1 fully saturated rings. The molecular formula is C13H16O2. The lowest BCUT2D eigenvalue weighted by molar-refractivity contribution is 0.136. The zero-order chi connectivity index (χ0) is 10.3. The van der Waals surface area contributed by atoms with Crippen molar-refractivity contribution >= 4 is 0 Å². The molecule has 15 heavy (non-hydrogen) atoms. The monoisotopic (exact) mass is 204 g/mol. The largest absolute Gasteiger partial charge is 0.487 e. The van der Waals surface area contributed by atoms with E-state index in [1.807, 2.05) is 0 Å². The van der Waals surface area contributed by atoms with Crippen LogP contribution in [0, 0.1) is 0 Å². The maximum atomic E-state index is 5.93. The molecule has 2 heterocycles. The van der Waals surface area contributed by atoms with Crippen LogP contribution in [0.5, 0.6) is 5.75 Å². The number of aryl methyl sites for hydroxylation is 2. The summed E-state index contributed by atoms with van der Waals surface area (Å²) in [6.07, 6.45) is 4.00. The van der Waals surface area contributed by atoms with Crippen molar-refractivity contribution in [3.8, 4) is 5.75 Å². The maximum absolute atomic E-state index is 5.93. The Bertz CT molecular complexity index is 369. The number of hydrogen-bond donors (Lipinski definition) is 0. The smallest absolute Gasteiger partial charge is 0.127 e. The number of fused-ring (bicyclic) bond motifs is 1. The molecule has 3 rings (SSSR count). The fourth-order valence-electron chi connectivity index (χ4n) is 2.21. The van der Waals surface area contributed by atoms with Gasteiger partial charge in [-0.25, -0.2) is 0 Å². The summed E-state index contributed by atoms with van der Waals surface area (Å²) in [4.78, 5) is 0. The van der Waals surface area contributed by atoms with Crippen molar-refractivity contribution in [3.05, 3.63) is 29.3 Å². The molecule has 1 aromatic carbocycles. The van der Waals surface area contributed by atoms with E-state index in [0.717, 1.165) is 31.6 Å². The van der Waals surface area contributed by atoms with E-state index in [1.54, 1.807) is 0 Å². The van der Waals surface area contributed by atoms with Crippen LogP contribution in [0.25, 0.3) is 0 Å². The van der Waals surface area contributed by atoms with Crippen LogP contribution in [0.1, 0.15) is 24.5 Å². The van der Waals surface area contributed by atoms with Crippen molar-refractivity contribution in [2.75, 3.05) is 6.61 Å².